The molecule has 0 bridgehead atoms. The van der Waals surface area contributed by atoms with E-state index in [0.717, 1.165) is 5.01 Å². The molecule has 0 saturated carbocycles. The average molecular weight is 283 g/mol. The van der Waals surface area contributed by atoms with E-state index in [2.05, 4.69) is 0 Å². The average Bonchev–Trinajstić information content (AvgIpc) is 2.38. The Bertz CT molecular complexity index is 532. The van der Waals surface area contributed by atoms with Crippen LogP contribution in [0.4, 0.5) is 5.69 Å². The van der Waals surface area contributed by atoms with Crippen LogP contribution >= 0.6 is 24.0 Å². The zero-order valence-electron chi connectivity index (χ0n) is 9.42. The second kappa shape index (κ2) is 6.40. The van der Waals surface area contributed by atoms with Gasteiger partial charge in [0.15, 0.2) is 0 Å². The Hall–Kier alpha value is -1.55. The molecule has 0 radical (unpaired) electrons. The van der Waals surface area contributed by atoms with Crippen molar-refractivity contribution < 1.29 is 4.79 Å². The van der Waals surface area contributed by atoms with Crippen molar-refractivity contribution in [3.8, 4) is 0 Å². The maximum Gasteiger partial charge on any atom is 0.272 e. The molecule has 0 atom stereocenters. The molecule has 18 heavy (non-hydrogen) atoms. The lowest BCUT2D eigenvalue weighted by molar-refractivity contribution is 0.0987. The second-order valence-corrected chi connectivity index (χ2v) is 3.96. The van der Waals surface area contributed by atoms with E-state index in [-0.39, 0.29) is 18.3 Å². The number of nitrogens with two attached hydrogens (primary N) is 1. The number of anilines is 1. The molecule has 1 amide bonds. The molecule has 0 aromatic heterocycles. The molecule has 0 saturated heterocycles. The number of benzene rings is 2. The normalized spacial score (nSPS) is 9.44. The molecule has 0 aliphatic carbocycles. The van der Waals surface area contributed by atoms with Gasteiger partial charge in [0.05, 0.1) is 5.69 Å². The number of carbonyl (C=O) groups is 1. The SMILES string of the molecule is Cl.NN(C(=O)c1cccc(Cl)c1)c1ccccc1. The van der Waals surface area contributed by atoms with E-state index in [1.165, 1.54) is 0 Å². The maximum absolute atomic E-state index is 12.0. The van der Waals surface area contributed by atoms with Crippen LogP contribution in [-0.2, 0) is 0 Å². The minimum atomic E-state index is -0.293. The van der Waals surface area contributed by atoms with Gasteiger partial charge in [0, 0.05) is 10.6 Å². The first-order valence-electron chi connectivity index (χ1n) is 5.08. The molecule has 0 aliphatic rings. The third-order valence-electron chi connectivity index (χ3n) is 2.32. The fraction of sp³-hybridized carbons (Fsp3) is 0. The van der Waals surface area contributed by atoms with E-state index in [0.29, 0.717) is 16.3 Å². The van der Waals surface area contributed by atoms with Crippen molar-refractivity contribution in [1.29, 1.82) is 0 Å². The Morgan fingerprint density at radius 1 is 1.06 bits per heavy atom. The number of amides is 1. The smallest absolute Gasteiger partial charge is 0.267 e. The summed E-state index contributed by atoms with van der Waals surface area (Å²) in [6.07, 6.45) is 0. The van der Waals surface area contributed by atoms with Crippen molar-refractivity contribution in [3.05, 3.63) is 65.2 Å². The summed E-state index contributed by atoms with van der Waals surface area (Å²) in [7, 11) is 0. The molecule has 0 fully saturated rings. The highest BCUT2D eigenvalue weighted by atomic mass is 35.5. The Kier molecular flexibility index (Phi) is 5.16. The molecule has 5 heteroatoms. The van der Waals surface area contributed by atoms with Gasteiger partial charge in [0.1, 0.15) is 0 Å². The molecule has 94 valence electrons. The summed E-state index contributed by atoms with van der Waals surface area (Å²) in [5.74, 6) is 5.47. The first kappa shape index (κ1) is 14.5. The summed E-state index contributed by atoms with van der Waals surface area (Å²) in [5, 5.41) is 1.61. The Balaban J connectivity index is 0.00000162. The summed E-state index contributed by atoms with van der Waals surface area (Å²) in [5.41, 5.74) is 1.10. The van der Waals surface area contributed by atoms with Gasteiger partial charge < -0.3 is 0 Å². The molecule has 2 rings (SSSR count). The molecule has 0 aliphatic heterocycles. The Morgan fingerprint density at radius 3 is 2.33 bits per heavy atom. The quantitative estimate of drug-likeness (QED) is 0.522. The monoisotopic (exact) mass is 282 g/mol. The highest BCUT2D eigenvalue weighted by molar-refractivity contribution is 6.31. The molecule has 0 unspecified atom stereocenters. The van der Waals surface area contributed by atoms with Gasteiger partial charge >= 0.3 is 0 Å². The summed E-state index contributed by atoms with van der Waals surface area (Å²) >= 11 is 5.83. The van der Waals surface area contributed by atoms with Gasteiger partial charge in [0.2, 0.25) is 0 Å². The summed E-state index contributed by atoms with van der Waals surface area (Å²) in [6.45, 7) is 0. The van der Waals surface area contributed by atoms with E-state index >= 15 is 0 Å². The first-order valence-corrected chi connectivity index (χ1v) is 5.46. The van der Waals surface area contributed by atoms with Crippen LogP contribution in [0.5, 0.6) is 0 Å². The van der Waals surface area contributed by atoms with Gasteiger partial charge in [-0.25, -0.2) is 10.9 Å². The van der Waals surface area contributed by atoms with Crippen LogP contribution in [-0.4, -0.2) is 5.91 Å². The molecular weight excluding hydrogens is 271 g/mol. The minimum absolute atomic E-state index is 0. The first-order chi connectivity index (χ1) is 8.18. The number of nitrogens with zero attached hydrogens (tertiary/aromatic N) is 1. The fourth-order valence-corrected chi connectivity index (χ4v) is 1.66. The Morgan fingerprint density at radius 2 is 1.72 bits per heavy atom. The van der Waals surface area contributed by atoms with Crippen molar-refractivity contribution in [1.82, 2.24) is 0 Å². The van der Waals surface area contributed by atoms with E-state index in [1.54, 1.807) is 36.4 Å². The third-order valence-corrected chi connectivity index (χ3v) is 2.56. The van der Waals surface area contributed by atoms with Crippen LogP contribution in [0, 0.1) is 0 Å². The lowest BCUT2D eigenvalue weighted by atomic mass is 10.2. The summed E-state index contributed by atoms with van der Waals surface area (Å²) in [6, 6.07) is 15.7. The van der Waals surface area contributed by atoms with Crippen molar-refractivity contribution in [2.75, 3.05) is 5.01 Å². The van der Waals surface area contributed by atoms with Crippen LogP contribution in [0.1, 0.15) is 10.4 Å². The van der Waals surface area contributed by atoms with Crippen molar-refractivity contribution in [3.63, 3.8) is 0 Å². The number of para-hydroxylation sites is 1. The van der Waals surface area contributed by atoms with Crippen molar-refractivity contribution in [2.45, 2.75) is 0 Å². The number of carbonyl (C=O) groups excluding carboxylic acids is 1. The topological polar surface area (TPSA) is 46.3 Å². The van der Waals surface area contributed by atoms with Gasteiger partial charge in [-0.05, 0) is 30.3 Å². The van der Waals surface area contributed by atoms with Crippen molar-refractivity contribution >= 4 is 35.6 Å². The molecule has 0 heterocycles. The molecule has 2 N–H and O–H groups in total. The standard InChI is InChI=1S/C13H11ClN2O.ClH/c14-11-6-4-5-10(9-11)13(17)16(15)12-7-2-1-3-8-12;/h1-9H,15H2;1H. The number of hydrogen-bond donors (Lipinski definition) is 1. The Labute approximate surface area is 117 Å². The van der Waals surface area contributed by atoms with Gasteiger partial charge in [-0.15, -0.1) is 12.4 Å². The molecular formula is C13H12Cl2N2O. The fourth-order valence-electron chi connectivity index (χ4n) is 1.47. The lowest BCUT2D eigenvalue weighted by Gasteiger charge is -2.16. The van der Waals surface area contributed by atoms with E-state index in [9.17, 15) is 4.79 Å². The van der Waals surface area contributed by atoms with Crippen LogP contribution in [0.15, 0.2) is 54.6 Å². The summed E-state index contributed by atoms with van der Waals surface area (Å²) < 4.78 is 0. The van der Waals surface area contributed by atoms with Gasteiger partial charge in [-0.2, -0.15) is 0 Å². The second-order valence-electron chi connectivity index (χ2n) is 3.52. The molecule has 2 aromatic rings. The third kappa shape index (κ3) is 3.23. The van der Waals surface area contributed by atoms with Gasteiger partial charge in [0.25, 0.3) is 5.91 Å². The lowest BCUT2D eigenvalue weighted by Crippen LogP contribution is -2.37. The van der Waals surface area contributed by atoms with Crippen molar-refractivity contribution in [2.24, 2.45) is 5.84 Å². The number of hydrazine groups is 1. The minimum Gasteiger partial charge on any atom is -0.267 e. The number of hydrogen-bond acceptors (Lipinski definition) is 2. The van der Waals surface area contributed by atoms with Crippen LogP contribution in [0.25, 0.3) is 0 Å². The van der Waals surface area contributed by atoms with Crippen LogP contribution < -0.4 is 10.9 Å². The van der Waals surface area contributed by atoms with Gasteiger partial charge in [-0.1, -0.05) is 35.9 Å². The summed E-state index contributed by atoms with van der Waals surface area (Å²) in [4.78, 5) is 12.0. The van der Waals surface area contributed by atoms with E-state index in [4.69, 9.17) is 17.4 Å². The largest absolute Gasteiger partial charge is 0.272 e. The molecule has 0 spiro atoms. The predicted octanol–water partition coefficient (Wildman–Crippen LogP) is 3.28. The van der Waals surface area contributed by atoms with E-state index in [1.807, 2.05) is 18.2 Å². The van der Waals surface area contributed by atoms with Crippen LogP contribution in [0.2, 0.25) is 5.02 Å². The van der Waals surface area contributed by atoms with Gasteiger partial charge in [-0.3, -0.25) is 4.79 Å². The molecule has 2 aromatic carbocycles. The molecule has 3 nitrogen and oxygen atoms in total. The zero-order chi connectivity index (χ0) is 12.3. The number of rotatable bonds is 2. The number of halogens is 2. The van der Waals surface area contributed by atoms with E-state index < -0.39 is 0 Å². The predicted molar refractivity (Wildman–Crippen MR) is 76.1 cm³/mol. The highest BCUT2D eigenvalue weighted by Crippen LogP contribution is 2.15. The highest BCUT2D eigenvalue weighted by Gasteiger charge is 2.13. The van der Waals surface area contributed by atoms with Crippen LogP contribution in [0.3, 0.4) is 0 Å². The zero-order valence-corrected chi connectivity index (χ0v) is 11.0. The maximum atomic E-state index is 12.0.